The molecule has 0 fully saturated rings. The van der Waals surface area contributed by atoms with Gasteiger partial charge in [-0.1, -0.05) is 0 Å². The molecule has 0 radical (unpaired) electrons. The van der Waals surface area contributed by atoms with Crippen molar-refractivity contribution in [1.82, 2.24) is 0 Å². The van der Waals surface area contributed by atoms with E-state index >= 15 is 0 Å². The predicted molar refractivity (Wildman–Crippen MR) is 16.1 cm³/mol. The van der Waals surface area contributed by atoms with Crippen LogP contribution in [-0.4, -0.2) is 12.1 Å². The molecule has 48 valence electrons. The van der Waals surface area contributed by atoms with E-state index < -0.39 is 12.1 Å². The fraction of sp³-hybridized carbons (Fsp3) is 0.333. The van der Waals surface area contributed by atoms with Gasteiger partial charge >= 0.3 is 132 Å². The first-order chi connectivity index (χ1) is 3.46. The van der Waals surface area contributed by atoms with Crippen LogP contribution in [0.1, 0.15) is 6.92 Å². The first-order valence-electron chi connectivity index (χ1n) is 1.52. The quantitative estimate of drug-likeness (QED) is 0.377. The van der Waals surface area contributed by atoms with E-state index in [1.165, 1.54) is 0 Å². The zero-order valence-corrected chi connectivity index (χ0v) is 15.3. The van der Waals surface area contributed by atoms with Crippen LogP contribution in [-0.2, 0) is 4.79 Å². The molecule has 11 heavy (non-hydrogen) atoms. The number of hydrogen-bond acceptors (Lipinski definition) is 5. The average molecular weight is 220 g/mol. The number of carboxylic acids is 1. The molecule has 0 aliphatic heterocycles. The smallest absolute Gasteiger partial charge is 0.652 e. The molecule has 0 atom stereocenters. The van der Waals surface area contributed by atoms with Crippen LogP contribution in [0.3, 0.4) is 0 Å². The third-order valence-electron chi connectivity index (χ3n) is 0. The zero-order valence-electron chi connectivity index (χ0n) is 7.04. The first kappa shape index (κ1) is 29.2. The molecule has 0 rings (SSSR count). The van der Waals surface area contributed by atoms with Crippen molar-refractivity contribution in [3.05, 3.63) is 0 Å². The van der Waals surface area contributed by atoms with Crippen LogP contribution >= 0.6 is 0 Å². The van der Waals surface area contributed by atoms with E-state index in [1.807, 2.05) is 0 Å². The Hall–Kier alpha value is 3.01. The van der Waals surface area contributed by atoms with Crippen LogP contribution in [0, 0.1) is 0 Å². The van der Waals surface area contributed by atoms with Crippen molar-refractivity contribution >= 4 is 12.1 Å². The minimum atomic E-state index is -2.33. The van der Waals surface area contributed by atoms with Crippen molar-refractivity contribution in [3.8, 4) is 0 Å². The molecule has 0 amide bonds. The number of hydrogen-bond donors (Lipinski definition) is 0. The van der Waals surface area contributed by atoms with E-state index in [0.717, 1.165) is 6.92 Å². The van der Waals surface area contributed by atoms with Crippen molar-refractivity contribution in [1.29, 1.82) is 0 Å². The number of aliphatic carboxylic acids is 1. The van der Waals surface area contributed by atoms with Gasteiger partial charge in [-0.25, -0.2) is 0 Å². The fourth-order valence-corrected chi connectivity index (χ4v) is 0. The van der Waals surface area contributed by atoms with E-state index in [-0.39, 0.29) is 132 Å². The van der Waals surface area contributed by atoms with Crippen molar-refractivity contribution in [2.45, 2.75) is 6.92 Å². The number of carboxylic acid groups (broad SMARTS) is 3. The molecule has 0 aliphatic carbocycles. The number of carbonyl (C=O) groups is 2. The van der Waals surface area contributed by atoms with Crippen LogP contribution in [0.2, 0.25) is 0 Å². The second-order valence-corrected chi connectivity index (χ2v) is 0.742. The van der Waals surface area contributed by atoms with Gasteiger partial charge < -0.3 is 24.9 Å². The Morgan fingerprint density at radius 3 is 1.00 bits per heavy atom. The summed E-state index contributed by atoms with van der Waals surface area (Å²) < 4.78 is 0. The maximum atomic E-state index is 8.89. The van der Waals surface area contributed by atoms with E-state index in [9.17, 15) is 0 Å². The molecular formula is C3H3K2NaO5. The standard InChI is InChI=1S/C2H4O2.CH2O3.2K.Na/c1-2(3)4;2-1(3)4;;;/h1H3,(H,3,4);(H2,2,3,4);;;/q;;3*+1/p-3. The molecule has 0 aliphatic rings. The maximum absolute atomic E-state index is 8.89. The molecule has 0 saturated heterocycles. The molecule has 0 spiro atoms. The van der Waals surface area contributed by atoms with Gasteiger partial charge in [0.2, 0.25) is 0 Å². The Balaban J connectivity index is -0.0000000171. The largest absolute Gasteiger partial charge is 1.00 e. The van der Waals surface area contributed by atoms with Crippen LogP contribution in [0.4, 0.5) is 4.79 Å². The summed E-state index contributed by atoms with van der Waals surface area (Å²) in [4.78, 5) is 17.2. The minimum Gasteiger partial charge on any atom is -0.652 e. The van der Waals surface area contributed by atoms with Gasteiger partial charge in [-0.2, -0.15) is 0 Å². The monoisotopic (exact) mass is 220 g/mol. The van der Waals surface area contributed by atoms with Gasteiger partial charge in [0.05, 0.1) is 0 Å². The van der Waals surface area contributed by atoms with Gasteiger partial charge in [-0.05, 0) is 13.1 Å². The summed E-state index contributed by atoms with van der Waals surface area (Å²) in [5.74, 6) is -1.08. The van der Waals surface area contributed by atoms with Crippen LogP contribution in [0.25, 0.3) is 0 Å². The van der Waals surface area contributed by atoms with E-state index in [1.54, 1.807) is 0 Å². The van der Waals surface area contributed by atoms with Crippen LogP contribution in [0.5, 0.6) is 0 Å². The van der Waals surface area contributed by atoms with Crippen LogP contribution < -0.4 is 148 Å². The van der Waals surface area contributed by atoms with E-state index in [4.69, 9.17) is 24.9 Å². The summed E-state index contributed by atoms with van der Waals surface area (Å²) in [7, 11) is 0. The third-order valence-corrected chi connectivity index (χ3v) is 0. The Morgan fingerprint density at radius 2 is 1.00 bits per heavy atom. The molecule has 0 aromatic rings. The van der Waals surface area contributed by atoms with Crippen LogP contribution in [0.15, 0.2) is 0 Å². The third kappa shape index (κ3) is 174. The Labute approximate surface area is 171 Å². The SMILES string of the molecule is CC(=O)[O-].O=C([O-])[O-].[K+].[K+].[Na+]. The van der Waals surface area contributed by atoms with E-state index in [2.05, 4.69) is 0 Å². The van der Waals surface area contributed by atoms with Crippen molar-refractivity contribution < 1.29 is 157 Å². The maximum Gasteiger partial charge on any atom is 1.00 e. The first-order valence-corrected chi connectivity index (χ1v) is 1.52. The summed E-state index contributed by atoms with van der Waals surface area (Å²) in [6.07, 6.45) is -2.33. The topological polar surface area (TPSA) is 103 Å². The van der Waals surface area contributed by atoms with Crippen molar-refractivity contribution in [2.24, 2.45) is 0 Å². The predicted octanol–water partition coefficient (Wildman–Crippen LogP) is -12.7. The molecule has 0 bridgehead atoms. The Morgan fingerprint density at radius 1 is 1.00 bits per heavy atom. The number of carbonyl (C=O) groups excluding carboxylic acids is 2. The molecule has 0 unspecified atom stereocenters. The summed E-state index contributed by atoms with van der Waals surface area (Å²) in [6.45, 7) is 0.972. The Kier molecular flexibility index (Phi) is 61.4. The molecule has 0 aromatic carbocycles. The molecule has 5 nitrogen and oxygen atoms in total. The molecule has 0 N–H and O–H groups in total. The van der Waals surface area contributed by atoms with Gasteiger partial charge in [0.1, 0.15) is 0 Å². The second kappa shape index (κ2) is 23.1. The van der Waals surface area contributed by atoms with Gasteiger partial charge in [0.15, 0.2) is 0 Å². The van der Waals surface area contributed by atoms with Gasteiger partial charge in [-0.15, -0.1) is 0 Å². The molecule has 0 aromatic heterocycles. The molecule has 0 heterocycles. The zero-order chi connectivity index (χ0) is 7.15. The normalized spacial score (nSPS) is 4.45. The minimum absolute atomic E-state index is 0. The molecule has 8 heteroatoms. The van der Waals surface area contributed by atoms with Gasteiger partial charge in [0.25, 0.3) is 0 Å². The van der Waals surface area contributed by atoms with Crippen molar-refractivity contribution in [2.75, 3.05) is 0 Å². The van der Waals surface area contributed by atoms with Crippen molar-refractivity contribution in [3.63, 3.8) is 0 Å². The fourth-order valence-electron chi connectivity index (χ4n) is 0. The number of rotatable bonds is 0. The summed E-state index contributed by atoms with van der Waals surface area (Å²) in [5, 5.41) is 25.6. The van der Waals surface area contributed by atoms with E-state index in [0.29, 0.717) is 0 Å². The average Bonchev–Trinajstić information content (AvgIpc) is 1.25. The summed E-state index contributed by atoms with van der Waals surface area (Å²) in [5.41, 5.74) is 0. The molecule has 0 saturated carbocycles. The summed E-state index contributed by atoms with van der Waals surface area (Å²) >= 11 is 0. The Bertz CT molecular complexity index is 77.7. The summed E-state index contributed by atoms with van der Waals surface area (Å²) in [6, 6.07) is 0. The second-order valence-electron chi connectivity index (χ2n) is 0.742. The van der Waals surface area contributed by atoms with Gasteiger partial charge in [0, 0.05) is 5.97 Å². The molecular weight excluding hydrogens is 217 g/mol. The van der Waals surface area contributed by atoms with Gasteiger partial charge in [-0.3, -0.25) is 0 Å².